The third-order valence-electron chi connectivity index (χ3n) is 3.16. The summed E-state index contributed by atoms with van der Waals surface area (Å²) in [6.45, 7) is 3.08. The maximum atomic E-state index is 6.23. The zero-order valence-corrected chi connectivity index (χ0v) is 12.2. The fourth-order valence-corrected chi connectivity index (χ4v) is 2.51. The van der Waals surface area contributed by atoms with Gasteiger partial charge >= 0.3 is 0 Å². The van der Waals surface area contributed by atoms with Gasteiger partial charge in [0.25, 0.3) is 0 Å². The molecule has 0 aliphatic heterocycles. The predicted molar refractivity (Wildman–Crippen MR) is 79.5 cm³/mol. The van der Waals surface area contributed by atoms with Gasteiger partial charge in [-0.15, -0.1) is 0 Å². The number of hydrogen-bond acceptors (Lipinski definition) is 2. The van der Waals surface area contributed by atoms with Gasteiger partial charge in [-0.1, -0.05) is 36.7 Å². The molecule has 0 saturated heterocycles. The van der Waals surface area contributed by atoms with E-state index < -0.39 is 0 Å². The van der Waals surface area contributed by atoms with E-state index in [2.05, 4.69) is 29.6 Å². The molecule has 0 radical (unpaired) electrons. The number of halogens is 1. The highest BCUT2D eigenvalue weighted by Gasteiger charge is 2.12. The maximum absolute atomic E-state index is 6.23. The molecule has 1 aromatic heterocycles. The minimum Gasteiger partial charge on any atom is -0.314 e. The molecule has 3 nitrogen and oxygen atoms in total. The van der Waals surface area contributed by atoms with Crippen molar-refractivity contribution in [1.82, 2.24) is 15.1 Å². The van der Waals surface area contributed by atoms with Crippen molar-refractivity contribution >= 4 is 11.6 Å². The third-order valence-corrected chi connectivity index (χ3v) is 3.53. The second-order valence-corrected chi connectivity index (χ2v) is 5.18. The Balaban J connectivity index is 2.06. The summed E-state index contributed by atoms with van der Waals surface area (Å²) in [4.78, 5) is 0. The molecule has 2 aromatic rings. The van der Waals surface area contributed by atoms with E-state index in [1.54, 1.807) is 0 Å². The summed E-state index contributed by atoms with van der Waals surface area (Å²) in [5.41, 5.74) is 2.44. The van der Waals surface area contributed by atoms with Gasteiger partial charge in [-0.25, -0.2) is 0 Å². The molecule has 0 saturated carbocycles. The number of hydrogen-bond donors (Lipinski definition) is 1. The Morgan fingerprint density at radius 3 is 2.74 bits per heavy atom. The lowest BCUT2D eigenvalue weighted by Gasteiger charge is -2.18. The molecular weight excluding hydrogens is 258 g/mol. The van der Waals surface area contributed by atoms with Crippen LogP contribution < -0.4 is 5.32 Å². The molecule has 1 aromatic carbocycles. The third kappa shape index (κ3) is 4.08. The number of benzene rings is 1. The molecule has 0 amide bonds. The van der Waals surface area contributed by atoms with E-state index in [1.165, 1.54) is 11.1 Å². The first-order valence-electron chi connectivity index (χ1n) is 6.63. The van der Waals surface area contributed by atoms with E-state index >= 15 is 0 Å². The number of likely N-dealkylation sites (N-methyl/N-ethyl adjacent to an activating group) is 1. The molecule has 1 atom stereocenters. The van der Waals surface area contributed by atoms with Crippen LogP contribution >= 0.6 is 11.6 Å². The Kier molecular flexibility index (Phi) is 5.00. The highest BCUT2D eigenvalue weighted by Crippen LogP contribution is 2.18. The zero-order chi connectivity index (χ0) is 13.7. The van der Waals surface area contributed by atoms with Crippen LogP contribution in [0.2, 0.25) is 5.02 Å². The van der Waals surface area contributed by atoms with E-state index in [0.29, 0.717) is 6.04 Å². The van der Waals surface area contributed by atoms with Gasteiger partial charge < -0.3 is 5.32 Å². The SMILES string of the molecule is CCNC(Cc1cnn(C)c1)Cc1ccccc1Cl. The minimum atomic E-state index is 0.383. The Bertz CT molecular complexity index is 522. The lowest BCUT2D eigenvalue weighted by Crippen LogP contribution is -2.33. The van der Waals surface area contributed by atoms with Crippen LogP contribution in [0.4, 0.5) is 0 Å². The van der Waals surface area contributed by atoms with Crippen LogP contribution in [-0.4, -0.2) is 22.4 Å². The smallest absolute Gasteiger partial charge is 0.0522 e. The summed E-state index contributed by atoms with van der Waals surface area (Å²) in [6, 6.07) is 8.43. The first-order chi connectivity index (χ1) is 9.19. The lowest BCUT2D eigenvalue weighted by atomic mass is 10.0. The van der Waals surface area contributed by atoms with Crippen LogP contribution in [0.5, 0.6) is 0 Å². The molecule has 102 valence electrons. The molecular formula is C15H20ClN3. The van der Waals surface area contributed by atoms with Crippen molar-refractivity contribution in [2.24, 2.45) is 7.05 Å². The average molecular weight is 278 g/mol. The van der Waals surface area contributed by atoms with E-state index in [9.17, 15) is 0 Å². The highest BCUT2D eigenvalue weighted by molar-refractivity contribution is 6.31. The number of aromatic nitrogens is 2. The van der Waals surface area contributed by atoms with Crippen LogP contribution in [0.15, 0.2) is 36.7 Å². The lowest BCUT2D eigenvalue weighted by molar-refractivity contribution is 0.521. The Morgan fingerprint density at radius 2 is 2.11 bits per heavy atom. The molecule has 0 spiro atoms. The average Bonchev–Trinajstić information content (AvgIpc) is 2.78. The standard InChI is InChI=1S/C15H20ClN3/c1-3-17-14(8-12-10-18-19(2)11-12)9-13-6-4-5-7-15(13)16/h4-7,10-11,14,17H,3,8-9H2,1-2H3. The quantitative estimate of drug-likeness (QED) is 0.880. The molecule has 2 rings (SSSR count). The first-order valence-corrected chi connectivity index (χ1v) is 7.01. The zero-order valence-electron chi connectivity index (χ0n) is 11.4. The molecule has 0 bridgehead atoms. The summed E-state index contributed by atoms with van der Waals surface area (Å²) in [7, 11) is 1.94. The van der Waals surface area contributed by atoms with E-state index in [1.807, 2.05) is 36.1 Å². The summed E-state index contributed by atoms with van der Waals surface area (Å²) in [5.74, 6) is 0. The Morgan fingerprint density at radius 1 is 1.32 bits per heavy atom. The minimum absolute atomic E-state index is 0.383. The molecule has 0 fully saturated rings. The normalized spacial score (nSPS) is 12.6. The predicted octanol–water partition coefficient (Wildman–Crippen LogP) is 2.84. The summed E-state index contributed by atoms with van der Waals surface area (Å²) >= 11 is 6.23. The van der Waals surface area contributed by atoms with Crippen molar-refractivity contribution in [3.8, 4) is 0 Å². The van der Waals surface area contributed by atoms with Gasteiger partial charge in [-0.2, -0.15) is 5.10 Å². The van der Waals surface area contributed by atoms with E-state index in [-0.39, 0.29) is 0 Å². The molecule has 1 unspecified atom stereocenters. The number of nitrogens with zero attached hydrogens (tertiary/aromatic N) is 2. The van der Waals surface area contributed by atoms with Crippen LogP contribution in [0.25, 0.3) is 0 Å². The first kappa shape index (κ1) is 14.1. The maximum Gasteiger partial charge on any atom is 0.0522 e. The number of rotatable bonds is 6. The van der Waals surface area contributed by atoms with Crippen molar-refractivity contribution < 1.29 is 0 Å². The van der Waals surface area contributed by atoms with Gasteiger partial charge in [0.05, 0.1) is 6.20 Å². The van der Waals surface area contributed by atoms with Crippen molar-refractivity contribution in [3.05, 3.63) is 52.8 Å². The van der Waals surface area contributed by atoms with Crippen molar-refractivity contribution in [2.45, 2.75) is 25.8 Å². The highest BCUT2D eigenvalue weighted by atomic mass is 35.5. The summed E-state index contributed by atoms with van der Waals surface area (Å²) in [6.07, 6.45) is 5.89. The number of aryl methyl sites for hydroxylation is 1. The summed E-state index contributed by atoms with van der Waals surface area (Å²) in [5, 5.41) is 8.58. The Hall–Kier alpha value is -1.32. The molecule has 0 aliphatic rings. The molecule has 0 aliphatic carbocycles. The fraction of sp³-hybridized carbons (Fsp3) is 0.400. The van der Waals surface area contributed by atoms with Crippen LogP contribution in [0.3, 0.4) is 0 Å². The van der Waals surface area contributed by atoms with Gasteiger partial charge in [0.2, 0.25) is 0 Å². The summed E-state index contributed by atoms with van der Waals surface area (Å²) < 4.78 is 1.84. The van der Waals surface area contributed by atoms with Crippen LogP contribution in [0, 0.1) is 0 Å². The van der Waals surface area contributed by atoms with Crippen molar-refractivity contribution in [2.75, 3.05) is 6.54 Å². The number of nitrogens with one attached hydrogen (secondary N) is 1. The largest absolute Gasteiger partial charge is 0.314 e. The second-order valence-electron chi connectivity index (χ2n) is 4.78. The monoisotopic (exact) mass is 277 g/mol. The fourth-order valence-electron chi connectivity index (χ4n) is 2.30. The van der Waals surface area contributed by atoms with Gasteiger partial charge in [0.1, 0.15) is 0 Å². The Labute approximate surface area is 119 Å². The van der Waals surface area contributed by atoms with Gasteiger partial charge in [0.15, 0.2) is 0 Å². The molecule has 1 N–H and O–H groups in total. The van der Waals surface area contributed by atoms with Crippen molar-refractivity contribution in [3.63, 3.8) is 0 Å². The van der Waals surface area contributed by atoms with Crippen molar-refractivity contribution in [1.29, 1.82) is 0 Å². The van der Waals surface area contributed by atoms with Gasteiger partial charge in [-0.05, 0) is 36.6 Å². The molecule has 4 heteroatoms. The van der Waals surface area contributed by atoms with Crippen LogP contribution in [-0.2, 0) is 19.9 Å². The van der Waals surface area contributed by atoms with Crippen LogP contribution in [0.1, 0.15) is 18.1 Å². The van der Waals surface area contributed by atoms with E-state index in [0.717, 1.165) is 24.4 Å². The van der Waals surface area contributed by atoms with E-state index in [4.69, 9.17) is 11.6 Å². The molecule has 1 heterocycles. The molecule has 19 heavy (non-hydrogen) atoms. The topological polar surface area (TPSA) is 29.9 Å². The van der Waals surface area contributed by atoms with Gasteiger partial charge in [0, 0.05) is 24.3 Å². The second kappa shape index (κ2) is 6.73. The van der Waals surface area contributed by atoms with Gasteiger partial charge in [-0.3, -0.25) is 4.68 Å².